The maximum Gasteiger partial charge on any atom is 0.101 e. The monoisotopic (exact) mass is 239 g/mol. The third kappa shape index (κ3) is 3.22. The molecule has 0 fully saturated rings. The summed E-state index contributed by atoms with van der Waals surface area (Å²) >= 11 is 0. The van der Waals surface area contributed by atoms with Crippen LogP contribution in [0.1, 0.15) is 17.2 Å². The van der Waals surface area contributed by atoms with Crippen molar-refractivity contribution in [2.24, 2.45) is 0 Å². The molecule has 0 amide bonds. The number of benzene rings is 2. The maximum atomic E-state index is 5.74. The van der Waals surface area contributed by atoms with Gasteiger partial charge in [-0.1, -0.05) is 54.6 Å². The van der Waals surface area contributed by atoms with Crippen LogP contribution in [0, 0.1) is 0 Å². The van der Waals surface area contributed by atoms with E-state index in [9.17, 15) is 0 Å². The fraction of sp³-hybridized carbons (Fsp3) is 0.125. The summed E-state index contributed by atoms with van der Waals surface area (Å²) in [6.07, 6.45) is 4.02. The molecule has 0 spiro atoms. The van der Waals surface area contributed by atoms with E-state index in [1.807, 2.05) is 54.6 Å². The Morgan fingerprint density at radius 3 is 2.50 bits per heavy atom. The number of anilines is 1. The zero-order valence-corrected chi connectivity index (χ0v) is 10.4. The Hall–Kier alpha value is -2.06. The van der Waals surface area contributed by atoms with E-state index < -0.39 is 0 Å². The fourth-order valence-electron chi connectivity index (χ4n) is 1.83. The van der Waals surface area contributed by atoms with Crippen LogP contribution in [0.25, 0.3) is 6.08 Å². The van der Waals surface area contributed by atoms with Crippen molar-refractivity contribution >= 4 is 11.8 Å². The van der Waals surface area contributed by atoms with Crippen molar-refractivity contribution in [3.63, 3.8) is 0 Å². The molecule has 2 rings (SSSR count). The van der Waals surface area contributed by atoms with Gasteiger partial charge in [0.1, 0.15) is 6.10 Å². The number of hydrogen-bond acceptors (Lipinski definition) is 2. The van der Waals surface area contributed by atoms with Crippen LogP contribution in [-0.4, -0.2) is 7.11 Å². The van der Waals surface area contributed by atoms with E-state index in [1.165, 1.54) is 0 Å². The molecule has 0 radical (unpaired) electrons. The van der Waals surface area contributed by atoms with Crippen molar-refractivity contribution in [3.8, 4) is 0 Å². The number of nitrogen functional groups attached to an aromatic ring is 1. The molecule has 0 saturated carbocycles. The number of nitrogens with two attached hydrogens (primary N) is 1. The second-order valence-corrected chi connectivity index (χ2v) is 4.10. The fourth-order valence-corrected chi connectivity index (χ4v) is 1.83. The van der Waals surface area contributed by atoms with Crippen molar-refractivity contribution < 1.29 is 4.74 Å². The van der Waals surface area contributed by atoms with E-state index in [-0.39, 0.29) is 6.10 Å². The molecule has 0 heterocycles. The summed E-state index contributed by atoms with van der Waals surface area (Å²) in [6, 6.07) is 17.9. The summed E-state index contributed by atoms with van der Waals surface area (Å²) in [7, 11) is 1.71. The van der Waals surface area contributed by atoms with E-state index in [0.29, 0.717) is 0 Å². The first-order valence-electron chi connectivity index (χ1n) is 5.91. The van der Waals surface area contributed by atoms with Gasteiger partial charge < -0.3 is 10.5 Å². The Morgan fingerprint density at radius 1 is 1.06 bits per heavy atom. The summed E-state index contributed by atoms with van der Waals surface area (Å²) in [6.45, 7) is 0. The molecule has 18 heavy (non-hydrogen) atoms. The third-order valence-corrected chi connectivity index (χ3v) is 2.76. The predicted octanol–water partition coefficient (Wildman–Crippen LogP) is 3.67. The number of ether oxygens (including phenoxy) is 1. The molecule has 0 bridgehead atoms. The van der Waals surface area contributed by atoms with Gasteiger partial charge in [-0.25, -0.2) is 0 Å². The van der Waals surface area contributed by atoms with Crippen molar-refractivity contribution in [3.05, 3.63) is 71.8 Å². The minimum Gasteiger partial charge on any atom is -0.399 e. The van der Waals surface area contributed by atoms with Gasteiger partial charge >= 0.3 is 0 Å². The van der Waals surface area contributed by atoms with E-state index in [2.05, 4.69) is 12.1 Å². The van der Waals surface area contributed by atoms with Crippen LogP contribution in [0.15, 0.2) is 60.7 Å². The zero-order chi connectivity index (χ0) is 12.8. The van der Waals surface area contributed by atoms with Crippen molar-refractivity contribution in [2.75, 3.05) is 12.8 Å². The van der Waals surface area contributed by atoms with Crippen molar-refractivity contribution in [1.29, 1.82) is 0 Å². The van der Waals surface area contributed by atoms with Crippen LogP contribution < -0.4 is 5.73 Å². The predicted molar refractivity (Wildman–Crippen MR) is 76.1 cm³/mol. The zero-order valence-electron chi connectivity index (χ0n) is 10.4. The van der Waals surface area contributed by atoms with E-state index in [1.54, 1.807) is 7.11 Å². The largest absolute Gasteiger partial charge is 0.399 e. The Bertz CT molecular complexity index is 520. The highest BCUT2D eigenvalue weighted by Gasteiger charge is 2.04. The minimum absolute atomic E-state index is 0.0346. The lowest BCUT2D eigenvalue weighted by Crippen LogP contribution is -1.96. The molecule has 0 aliphatic carbocycles. The van der Waals surface area contributed by atoms with E-state index in [0.717, 1.165) is 16.8 Å². The van der Waals surface area contributed by atoms with Crippen LogP contribution in [0.5, 0.6) is 0 Å². The first kappa shape index (κ1) is 12.4. The highest BCUT2D eigenvalue weighted by Crippen LogP contribution is 2.19. The minimum atomic E-state index is -0.0346. The Labute approximate surface area is 108 Å². The summed E-state index contributed by atoms with van der Waals surface area (Å²) in [5.41, 5.74) is 8.73. The summed E-state index contributed by atoms with van der Waals surface area (Å²) < 4.78 is 5.47. The first-order chi connectivity index (χ1) is 8.79. The topological polar surface area (TPSA) is 35.2 Å². The molecule has 2 aromatic carbocycles. The van der Waals surface area contributed by atoms with E-state index in [4.69, 9.17) is 10.5 Å². The van der Waals surface area contributed by atoms with Gasteiger partial charge in [0.15, 0.2) is 0 Å². The van der Waals surface area contributed by atoms with Gasteiger partial charge in [0.2, 0.25) is 0 Å². The molecule has 0 aliphatic heterocycles. The summed E-state index contributed by atoms with van der Waals surface area (Å²) in [5.74, 6) is 0. The van der Waals surface area contributed by atoms with Crippen LogP contribution in [0.3, 0.4) is 0 Å². The molecular weight excluding hydrogens is 222 g/mol. The Balaban J connectivity index is 2.16. The quantitative estimate of drug-likeness (QED) is 0.826. The highest BCUT2D eigenvalue weighted by molar-refractivity contribution is 5.56. The second kappa shape index (κ2) is 6.03. The highest BCUT2D eigenvalue weighted by atomic mass is 16.5. The molecule has 2 nitrogen and oxygen atoms in total. The van der Waals surface area contributed by atoms with Crippen LogP contribution in [0.4, 0.5) is 5.69 Å². The molecule has 0 saturated heterocycles. The molecule has 2 heteroatoms. The average molecular weight is 239 g/mol. The number of rotatable bonds is 4. The summed E-state index contributed by atoms with van der Waals surface area (Å²) in [4.78, 5) is 0. The maximum absolute atomic E-state index is 5.74. The number of methoxy groups -OCH3 is 1. The average Bonchev–Trinajstić information content (AvgIpc) is 2.41. The van der Waals surface area contributed by atoms with Gasteiger partial charge in [-0.2, -0.15) is 0 Å². The SMILES string of the molecule is COC(C=Cc1cccc(N)c1)c1ccccc1. The van der Waals surface area contributed by atoms with Crippen molar-refractivity contribution in [2.45, 2.75) is 6.10 Å². The molecule has 2 N–H and O–H groups in total. The Kier molecular flexibility index (Phi) is 4.15. The van der Waals surface area contributed by atoms with Gasteiger partial charge in [0, 0.05) is 12.8 Å². The van der Waals surface area contributed by atoms with Gasteiger partial charge in [-0.05, 0) is 23.3 Å². The molecule has 2 aromatic rings. The van der Waals surface area contributed by atoms with E-state index >= 15 is 0 Å². The smallest absolute Gasteiger partial charge is 0.101 e. The van der Waals surface area contributed by atoms with Gasteiger partial charge in [-0.15, -0.1) is 0 Å². The molecular formula is C16H17NO. The lowest BCUT2D eigenvalue weighted by atomic mass is 10.1. The second-order valence-electron chi connectivity index (χ2n) is 4.10. The van der Waals surface area contributed by atoms with Crippen LogP contribution in [-0.2, 0) is 4.74 Å². The molecule has 1 unspecified atom stereocenters. The lowest BCUT2D eigenvalue weighted by molar-refractivity contribution is 0.143. The molecule has 0 aliphatic rings. The summed E-state index contributed by atoms with van der Waals surface area (Å²) in [5, 5.41) is 0. The number of hydrogen-bond donors (Lipinski definition) is 1. The van der Waals surface area contributed by atoms with Crippen LogP contribution >= 0.6 is 0 Å². The van der Waals surface area contributed by atoms with Crippen molar-refractivity contribution in [1.82, 2.24) is 0 Å². The molecule has 0 aromatic heterocycles. The van der Waals surface area contributed by atoms with Gasteiger partial charge in [-0.3, -0.25) is 0 Å². The molecule has 92 valence electrons. The van der Waals surface area contributed by atoms with Gasteiger partial charge in [0.05, 0.1) is 0 Å². The lowest BCUT2D eigenvalue weighted by Gasteiger charge is -2.10. The van der Waals surface area contributed by atoms with Gasteiger partial charge in [0.25, 0.3) is 0 Å². The third-order valence-electron chi connectivity index (χ3n) is 2.76. The Morgan fingerprint density at radius 2 is 1.83 bits per heavy atom. The first-order valence-corrected chi connectivity index (χ1v) is 5.91. The normalized spacial score (nSPS) is 12.7. The standard InChI is InChI=1S/C16H17NO/c1-18-16(14-7-3-2-4-8-14)11-10-13-6-5-9-15(17)12-13/h2-12,16H,17H2,1H3. The molecule has 1 atom stereocenters. The van der Waals surface area contributed by atoms with Crippen LogP contribution in [0.2, 0.25) is 0 Å².